The summed E-state index contributed by atoms with van der Waals surface area (Å²) in [7, 11) is 1.15. The third kappa shape index (κ3) is 1.60. The Balaban J connectivity index is 1.85. The number of para-hydroxylation sites is 1. The van der Waals surface area contributed by atoms with Crippen LogP contribution in [-0.2, 0) is 24.5 Å². The molecule has 29 heavy (non-hydrogen) atoms. The lowest BCUT2D eigenvalue weighted by Gasteiger charge is -2.15. The number of ether oxygens (including phenoxy) is 1. The molecule has 2 amide bonds. The van der Waals surface area contributed by atoms with Gasteiger partial charge in [-0.25, -0.2) is 4.90 Å². The van der Waals surface area contributed by atoms with Crippen molar-refractivity contribution in [2.24, 2.45) is 11.3 Å². The van der Waals surface area contributed by atoms with Crippen molar-refractivity contribution in [3.8, 4) is 0 Å². The highest BCUT2D eigenvalue weighted by atomic mass is 16.5. The molecule has 2 aliphatic carbocycles. The highest BCUT2D eigenvalue weighted by Gasteiger charge is 2.94. The molecule has 0 N–H and O–H groups in total. The zero-order valence-corrected chi connectivity index (χ0v) is 15.6. The van der Waals surface area contributed by atoms with Crippen LogP contribution < -0.4 is 4.90 Å². The van der Waals surface area contributed by atoms with Crippen molar-refractivity contribution in [1.82, 2.24) is 0 Å². The molecule has 144 valence electrons. The van der Waals surface area contributed by atoms with Crippen LogP contribution in [0, 0.1) is 11.3 Å². The van der Waals surface area contributed by atoms with Crippen LogP contribution >= 0.6 is 0 Å². The highest BCUT2D eigenvalue weighted by Crippen LogP contribution is 2.77. The summed E-state index contributed by atoms with van der Waals surface area (Å²) >= 11 is 0. The minimum atomic E-state index is -1.93. The molecule has 7 nitrogen and oxygen atoms in total. The molecule has 1 heterocycles. The van der Waals surface area contributed by atoms with Crippen LogP contribution in [0.2, 0.25) is 0 Å². The van der Waals surface area contributed by atoms with E-state index in [4.69, 9.17) is 4.74 Å². The van der Waals surface area contributed by atoms with Gasteiger partial charge in [-0.3, -0.25) is 24.0 Å². The third-order valence-electron chi connectivity index (χ3n) is 6.40. The lowest BCUT2D eigenvalue weighted by atomic mass is 9.83. The van der Waals surface area contributed by atoms with E-state index in [1.54, 1.807) is 36.4 Å². The number of fused-ring (bicyclic) bond motifs is 4. The summed E-state index contributed by atoms with van der Waals surface area (Å²) in [6.45, 7) is 1.23. The Morgan fingerprint density at radius 2 is 1.45 bits per heavy atom. The molecule has 3 aliphatic rings. The number of benzene rings is 2. The topological polar surface area (TPSA) is 97.8 Å². The maximum Gasteiger partial charge on any atom is 0.311 e. The van der Waals surface area contributed by atoms with E-state index in [1.165, 1.54) is 19.1 Å². The van der Waals surface area contributed by atoms with Gasteiger partial charge in [-0.1, -0.05) is 42.5 Å². The number of Topliss-reactive ketones (excluding diaryl/α,β-unsaturated/α-hetero) is 2. The molecule has 0 saturated heterocycles. The second-order valence-corrected chi connectivity index (χ2v) is 7.45. The third-order valence-corrected chi connectivity index (χ3v) is 6.40. The van der Waals surface area contributed by atoms with Crippen molar-refractivity contribution in [3.05, 3.63) is 65.2 Å². The molecule has 2 aromatic carbocycles. The molecular formula is C22H15NO6. The summed E-state index contributed by atoms with van der Waals surface area (Å²) in [5, 5.41) is 0. The fourth-order valence-corrected chi connectivity index (χ4v) is 5.35. The maximum absolute atomic E-state index is 13.6. The van der Waals surface area contributed by atoms with Crippen molar-refractivity contribution in [3.63, 3.8) is 0 Å². The van der Waals surface area contributed by atoms with Crippen molar-refractivity contribution < 1.29 is 28.7 Å². The van der Waals surface area contributed by atoms with Gasteiger partial charge in [0.15, 0.2) is 11.6 Å². The number of nitrogens with zero attached hydrogens (tertiary/aromatic N) is 1. The van der Waals surface area contributed by atoms with Gasteiger partial charge in [0, 0.05) is 18.1 Å². The molecular weight excluding hydrogens is 374 g/mol. The Labute approximate surface area is 165 Å². The van der Waals surface area contributed by atoms with Gasteiger partial charge < -0.3 is 4.74 Å². The number of ketones is 2. The summed E-state index contributed by atoms with van der Waals surface area (Å²) in [6.07, 6.45) is 0. The molecule has 1 fully saturated rings. The van der Waals surface area contributed by atoms with Gasteiger partial charge >= 0.3 is 5.97 Å². The minimum absolute atomic E-state index is 0.176. The van der Waals surface area contributed by atoms with E-state index in [0.717, 1.165) is 12.0 Å². The lowest BCUT2D eigenvalue weighted by molar-refractivity contribution is -0.144. The molecule has 5 rings (SSSR count). The van der Waals surface area contributed by atoms with Gasteiger partial charge in [0.2, 0.25) is 11.8 Å². The minimum Gasteiger partial charge on any atom is -0.469 e. The molecule has 2 atom stereocenters. The van der Waals surface area contributed by atoms with Crippen molar-refractivity contribution in [2.45, 2.75) is 12.3 Å². The zero-order valence-electron chi connectivity index (χ0n) is 15.6. The average Bonchev–Trinajstić information content (AvgIpc) is 3.21. The van der Waals surface area contributed by atoms with Crippen LogP contribution in [0.25, 0.3) is 0 Å². The first-order valence-corrected chi connectivity index (χ1v) is 9.07. The molecule has 7 heteroatoms. The normalized spacial score (nSPS) is 25.4. The van der Waals surface area contributed by atoms with Gasteiger partial charge in [0.25, 0.3) is 0 Å². The standard InChI is InChI=1S/C22H15NO6/c1-11(24)23-15-10-6-5-9-14(15)21(20(23)28)16(19(27)29-2)22(21)17(25)12-7-3-4-8-13(12)18(22)26/h3-10,16H,1-2H3. The molecule has 1 aliphatic heterocycles. The number of hydrogen-bond donors (Lipinski definition) is 0. The number of amides is 2. The SMILES string of the molecule is COC(=O)C1C2(C(=O)c3ccccc3C2=O)C12C(=O)N(C(C)=O)c1ccccc12. The van der Waals surface area contributed by atoms with Crippen LogP contribution in [0.3, 0.4) is 0 Å². The van der Waals surface area contributed by atoms with E-state index in [-0.39, 0.29) is 16.8 Å². The second-order valence-electron chi connectivity index (χ2n) is 7.45. The predicted octanol–water partition coefficient (Wildman–Crippen LogP) is 1.69. The number of esters is 1. The Morgan fingerprint density at radius 1 is 0.897 bits per heavy atom. The number of carbonyl (C=O) groups is 5. The number of methoxy groups -OCH3 is 1. The Kier molecular flexibility index (Phi) is 3.17. The summed E-state index contributed by atoms with van der Waals surface area (Å²) in [4.78, 5) is 66.7. The highest BCUT2D eigenvalue weighted by molar-refractivity contribution is 6.41. The number of hydrogen-bond acceptors (Lipinski definition) is 6. The largest absolute Gasteiger partial charge is 0.469 e. The van der Waals surface area contributed by atoms with Crippen LogP contribution in [0.4, 0.5) is 5.69 Å². The van der Waals surface area contributed by atoms with E-state index in [2.05, 4.69) is 0 Å². The van der Waals surface area contributed by atoms with Crippen molar-refractivity contribution >= 4 is 35.0 Å². The van der Waals surface area contributed by atoms with Crippen LogP contribution in [0.5, 0.6) is 0 Å². The van der Waals surface area contributed by atoms with Gasteiger partial charge in [0.1, 0.15) is 10.8 Å². The molecule has 0 aromatic heterocycles. The fourth-order valence-electron chi connectivity index (χ4n) is 5.35. The van der Waals surface area contributed by atoms with Crippen molar-refractivity contribution in [1.29, 1.82) is 0 Å². The van der Waals surface area contributed by atoms with E-state index in [1.807, 2.05) is 0 Å². The first-order chi connectivity index (χ1) is 13.9. The quantitative estimate of drug-likeness (QED) is 0.544. The van der Waals surface area contributed by atoms with Crippen LogP contribution in [0.1, 0.15) is 33.2 Å². The molecule has 1 saturated carbocycles. The van der Waals surface area contributed by atoms with E-state index < -0.39 is 46.1 Å². The first kappa shape index (κ1) is 17.5. The summed E-state index contributed by atoms with van der Waals surface area (Å²) in [5.41, 5.74) is -2.75. The number of anilines is 1. The summed E-state index contributed by atoms with van der Waals surface area (Å²) < 4.78 is 4.90. The average molecular weight is 389 g/mol. The maximum atomic E-state index is 13.6. The Bertz CT molecular complexity index is 1150. The van der Waals surface area contributed by atoms with Crippen LogP contribution in [-0.4, -0.2) is 36.5 Å². The number of imide groups is 1. The molecule has 2 spiro atoms. The van der Waals surface area contributed by atoms with Crippen molar-refractivity contribution in [2.75, 3.05) is 12.0 Å². The predicted molar refractivity (Wildman–Crippen MR) is 99.3 cm³/mol. The molecule has 0 radical (unpaired) electrons. The van der Waals surface area contributed by atoms with E-state index in [9.17, 15) is 24.0 Å². The number of carbonyl (C=O) groups excluding carboxylic acids is 5. The summed E-state index contributed by atoms with van der Waals surface area (Å²) in [5.74, 6) is -4.61. The van der Waals surface area contributed by atoms with Gasteiger partial charge in [-0.15, -0.1) is 0 Å². The molecule has 2 unspecified atom stereocenters. The van der Waals surface area contributed by atoms with E-state index >= 15 is 0 Å². The summed E-state index contributed by atoms with van der Waals surface area (Å²) in [6, 6.07) is 12.7. The van der Waals surface area contributed by atoms with E-state index in [0.29, 0.717) is 5.56 Å². The lowest BCUT2D eigenvalue weighted by Crippen LogP contribution is -2.40. The Morgan fingerprint density at radius 3 is 2.00 bits per heavy atom. The second kappa shape index (κ2) is 5.26. The fraction of sp³-hybridized carbons (Fsp3) is 0.227. The molecule has 2 aromatic rings. The molecule has 0 bridgehead atoms. The smallest absolute Gasteiger partial charge is 0.311 e. The van der Waals surface area contributed by atoms with Gasteiger partial charge in [0.05, 0.1) is 18.7 Å². The Hall–Kier alpha value is -3.61. The monoisotopic (exact) mass is 389 g/mol. The first-order valence-electron chi connectivity index (χ1n) is 9.07. The van der Waals surface area contributed by atoms with Gasteiger partial charge in [-0.05, 0) is 11.6 Å². The van der Waals surface area contributed by atoms with Gasteiger partial charge in [-0.2, -0.15) is 0 Å². The van der Waals surface area contributed by atoms with Crippen LogP contribution in [0.15, 0.2) is 48.5 Å². The number of rotatable bonds is 1. The zero-order chi connectivity index (χ0) is 20.7.